The number of carbonyl (C=O) groups is 3. The van der Waals surface area contributed by atoms with Crippen LogP contribution in [0.25, 0.3) is 10.9 Å². The summed E-state index contributed by atoms with van der Waals surface area (Å²) in [4.78, 5) is 37.9. The molecule has 0 unspecified atom stereocenters. The Morgan fingerprint density at radius 2 is 1.92 bits per heavy atom. The summed E-state index contributed by atoms with van der Waals surface area (Å²) in [7, 11) is 1.60. The van der Waals surface area contributed by atoms with Crippen LogP contribution in [-0.2, 0) is 16.1 Å². The van der Waals surface area contributed by atoms with Crippen molar-refractivity contribution in [3.8, 4) is 0 Å². The monoisotopic (exact) mass is 356 g/mol. The highest BCUT2D eigenvalue weighted by molar-refractivity contribution is 6.01. The van der Waals surface area contributed by atoms with Crippen LogP contribution in [0.15, 0.2) is 36.5 Å². The summed E-state index contributed by atoms with van der Waals surface area (Å²) in [5.74, 6) is -0.244. The molecule has 138 valence electrons. The van der Waals surface area contributed by atoms with E-state index in [4.69, 9.17) is 0 Å². The van der Waals surface area contributed by atoms with Gasteiger partial charge < -0.3 is 14.8 Å². The van der Waals surface area contributed by atoms with Crippen molar-refractivity contribution in [1.29, 1.82) is 0 Å². The first kappa shape index (κ1) is 18.0. The molecule has 3 rings (SSSR count). The average molecular weight is 356 g/mol. The molecule has 1 aromatic carbocycles. The third kappa shape index (κ3) is 4.04. The van der Waals surface area contributed by atoms with Crippen LogP contribution in [0.5, 0.6) is 0 Å². The van der Waals surface area contributed by atoms with Crippen LogP contribution in [0.3, 0.4) is 0 Å². The van der Waals surface area contributed by atoms with E-state index in [-0.39, 0.29) is 24.4 Å². The van der Waals surface area contributed by atoms with Crippen molar-refractivity contribution in [2.24, 2.45) is 0 Å². The number of amides is 4. The smallest absolute Gasteiger partial charge is 0.326 e. The molecule has 0 atom stereocenters. The van der Waals surface area contributed by atoms with Crippen LogP contribution < -0.4 is 5.32 Å². The Hall–Kier alpha value is -2.83. The van der Waals surface area contributed by atoms with Crippen LogP contribution in [0.1, 0.15) is 19.3 Å². The third-order valence-corrected chi connectivity index (χ3v) is 4.59. The molecule has 1 saturated heterocycles. The fraction of sp³-hybridized carbons (Fsp3) is 0.421. The fourth-order valence-electron chi connectivity index (χ4n) is 3.19. The van der Waals surface area contributed by atoms with E-state index in [1.165, 1.54) is 20.7 Å². The van der Waals surface area contributed by atoms with Crippen molar-refractivity contribution in [3.63, 3.8) is 0 Å². The second-order valence-corrected chi connectivity index (χ2v) is 6.56. The van der Waals surface area contributed by atoms with Gasteiger partial charge in [-0.25, -0.2) is 4.79 Å². The highest BCUT2D eigenvalue weighted by Gasteiger charge is 2.32. The van der Waals surface area contributed by atoms with Crippen molar-refractivity contribution in [3.05, 3.63) is 36.5 Å². The number of rotatable bonds is 8. The molecule has 0 spiro atoms. The van der Waals surface area contributed by atoms with Gasteiger partial charge in [0.2, 0.25) is 11.8 Å². The van der Waals surface area contributed by atoms with E-state index < -0.39 is 0 Å². The Morgan fingerprint density at radius 3 is 2.69 bits per heavy atom. The number of likely N-dealkylation sites (N-methyl/N-ethyl adjacent to an activating group) is 1. The first-order valence-electron chi connectivity index (χ1n) is 8.92. The molecule has 1 aromatic heterocycles. The third-order valence-electron chi connectivity index (χ3n) is 4.59. The Labute approximate surface area is 152 Å². The van der Waals surface area contributed by atoms with E-state index in [2.05, 4.69) is 34.3 Å². The van der Waals surface area contributed by atoms with E-state index in [1.807, 2.05) is 12.1 Å². The molecule has 0 radical (unpaired) electrons. The van der Waals surface area contributed by atoms with E-state index in [9.17, 15) is 14.4 Å². The predicted octanol–water partition coefficient (Wildman–Crippen LogP) is 1.82. The quantitative estimate of drug-likeness (QED) is 0.579. The lowest BCUT2D eigenvalue weighted by atomic mass is 10.2. The topological polar surface area (TPSA) is 74.7 Å². The number of benzene rings is 1. The zero-order chi connectivity index (χ0) is 18.5. The molecule has 4 amide bonds. The van der Waals surface area contributed by atoms with Crippen LogP contribution in [-0.4, -0.2) is 58.9 Å². The molecule has 1 aliphatic rings. The average Bonchev–Trinajstić information content (AvgIpc) is 3.14. The molecule has 2 heterocycles. The van der Waals surface area contributed by atoms with Gasteiger partial charge in [0, 0.05) is 44.8 Å². The first-order chi connectivity index (χ1) is 12.6. The molecule has 7 nitrogen and oxygen atoms in total. The molecule has 0 bridgehead atoms. The minimum absolute atomic E-state index is 0.0465. The SMILES string of the molecule is CN1CC(=O)N(CCCC(=O)NCCCn2ccc3ccccc32)C1=O. The number of aryl methyl sites for hydroxylation is 1. The second-order valence-electron chi connectivity index (χ2n) is 6.56. The van der Waals surface area contributed by atoms with E-state index in [0.29, 0.717) is 25.9 Å². The summed E-state index contributed by atoms with van der Waals surface area (Å²) in [5, 5.41) is 4.11. The highest BCUT2D eigenvalue weighted by Crippen LogP contribution is 2.15. The van der Waals surface area contributed by atoms with Crippen molar-refractivity contribution < 1.29 is 14.4 Å². The van der Waals surface area contributed by atoms with Gasteiger partial charge in [-0.2, -0.15) is 0 Å². The van der Waals surface area contributed by atoms with Crippen molar-refractivity contribution in [1.82, 2.24) is 19.7 Å². The minimum Gasteiger partial charge on any atom is -0.356 e. The Kier molecular flexibility index (Phi) is 5.55. The van der Waals surface area contributed by atoms with Gasteiger partial charge in [0.25, 0.3) is 0 Å². The summed E-state index contributed by atoms with van der Waals surface area (Å²) >= 11 is 0. The Bertz CT molecular complexity index is 814. The van der Waals surface area contributed by atoms with Crippen molar-refractivity contribution >= 4 is 28.7 Å². The van der Waals surface area contributed by atoms with Gasteiger partial charge in [-0.3, -0.25) is 14.5 Å². The number of urea groups is 1. The van der Waals surface area contributed by atoms with E-state index in [1.54, 1.807) is 7.05 Å². The van der Waals surface area contributed by atoms with Crippen LogP contribution in [0.4, 0.5) is 4.79 Å². The fourth-order valence-corrected chi connectivity index (χ4v) is 3.19. The van der Waals surface area contributed by atoms with Gasteiger partial charge in [0.1, 0.15) is 6.54 Å². The maximum absolute atomic E-state index is 11.9. The minimum atomic E-state index is -0.283. The number of para-hydroxylation sites is 1. The number of hydrogen-bond acceptors (Lipinski definition) is 3. The van der Waals surface area contributed by atoms with Gasteiger partial charge in [0.15, 0.2) is 0 Å². The number of nitrogens with one attached hydrogen (secondary N) is 1. The van der Waals surface area contributed by atoms with Gasteiger partial charge in [0.05, 0.1) is 0 Å². The Morgan fingerprint density at radius 1 is 1.12 bits per heavy atom. The number of nitrogens with zero attached hydrogens (tertiary/aromatic N) is 3. The number of imide groups is 1. The summed E-state index contributed by atoms with van der Waals surface area (Å²) in [6.07, 6.45) is 3.71. The highest BCUT2D eigenvalue weighted by atomic mass is 16.2. The molecular formula is C19H24N4O3. The lowest BCUT2D eigenvalue weighted by Crippen LogP contribution is -2.33. The molecule has 7 heteroatoms. The van der Waals surface area contributed by atoms with Gasteiger partial charge in [-0.1, -0.05) is 18.2 Å². The van der Waals surface area contributed by atoms with Gasteiger partial charge in [-0.15, -0.1) is 0 Å². The predicted molar refractivity (Wildman–Crippen MR) is 98.5 cm³/mol. The molecule has 0 aliphatic carbocycles. The summed E-state index contributed by atoms with van der Waals surface area (Å²) in [6.45, 7) is 1.87. The largest absolute Gasteiger partial charge is 0.356 e. The summed E-state index contributed by atoms with van der Waals surface area (Å²) < 4.78 is 2.18. The number of aromatic nitrogens is 1. The van der Waals surface area contributed by atoms with Crippen LogP contribution in [0.2, 0.25) is 0 Å². The molecule has 26 heavy (non-hydrogen) atoms. The number of carbonyl (C=O) groups excluding carboxylic acids is 3. The van der Waals surface area contributed by atoms with E-state index >= 15 is 0 Å². The Balaban J connectivity index is 1.33. The van der Waals surface area contributed by atoms with Crippen LogP contribution in [0, 0.1) is 0 Å². The molecule has 1 fully saturated rings. The van der Waals surface area contributed by atoms with Gasteiger partial charge in [-0.05, 0) is 30.4 Å². The first-order valence-corrected chi connectivity index (χ1v) is 8.92. The van der Waals surface area contributed by atoms with Crippen molar-refractivity contribution in [2.45, 2.75) is 25.8 Å². The lowest BCUT2D eigenvalue weighted by Gasteiger charge is -2.13. The molecular weight excluding hydrogens is 332 g/mol. The zero-order valence-corrected chi connectivity index (χ0v) is 15.0. The maximum Gasteiger partial charge on any atom is 0.326 e. The number of fused-ring (bicyclic) bond motifs is 1. The normalized spacial score (nSPS) is 14.5. The molecule has 0 saturated carbocycles. The second kappa shape index (κ2) is 8.03. The standard InChI is InChI=1S/C19H24N4O3/c1-21-14-18(25)23(19(21)26)12-4-8-17(24)20-10-5-11-22-13-9-15-6-2-3-7-16(15)22/h2-3,6-7,9,13H,4-5,8,10-12,14H2,1H3,(H,20,24). The molecule has 2 aromatic rings. The zero-order valence-electron chi connectivity index (χ0n) is 15.0. The molecule has 1 N–H and O–H groups in total. The number of hydrogen-bond donors (Lipinski definition) is 1. The lowest BCUT2D eigenvalue weighted by molar-refractivity contribution is -0.126. The van der Waals surface area contributed by atoms with Gasteiger partial charge >= 0.3 is 6.03 Å². The summed E-state index contributed by atoms with van der Waals surface area (Å²) in [5.41, 5.74) is 1.20. The van der Waals surface area contributed by atoms with E-state index in [0.717, 1.165) is 13.0 Å². The summed E-state index contributed by atoms with van der Waals surface area (Å²) in [6, 6.07) is 10.0. The van der Waals surface area contributed by atoms with Crippen LogP contribution >= 0.6 is 0 Å². The van der Waals surface area contributed by atoms with Crippen molar-refractivity contribution in [2.75, 3.05) is 26.7 Å². The molecule has 1 aliphatic heterocycles. The maximum atomic E-state index is 11.9.